The highest BCUT2D eigenvalue weighted by Crippen LogP contribution is 2.25. The monoisotopic (exact) mass is 278 g/mol. The van der Waals surface area contributed by atoms with Crippen molar-refractivity contribution in [3.8, 4) is 0 Å². The molecule has 0 bridgehead atoms. The van der Waals surface area contributed by atoms with Gasteiger partial charge in [0.2, 0.25) is 0 Å². The minimum Gasteiger partial charge on any atom is -0.305 e. The molecule has 0 aromatic carbocycles. The van der Waals surface area contributed by atoms with Crippen LogP contribution < -0.4 is 5.32 Å². The lowest BCUT2D eigenvalue weighted by Crippen LogP contribution is -2.49. The maximum absolute atomic E-state index is 12.2. The van der Waals surface area contributed by atoms with Crippen LogP contribution in [0.5, 0.6) is 0 Å². The van der Waals surface area contributed by atoms with E-state index >= 15 is 0 Å². The smallest absolute Gasteiger partial charge is 0.305 e. The molecule has 2 nitrogen and oxygen atoms in total. The number of nitrogens with one attached hydrogen (secondary N) is 1. The third-order valence-corrected chi connectivity index (χ3v) is 4.34. The number of likely N-dealkylation sites (tertiary alicyclic amines) is 1. The Morgan fingerprint density at radius 1 is 1.00 bits per heavy atom. The van der Waals surface area contributed by atoms with Gasteiger partial charge in [-0.05, 0) is 38.1 Å². The third kappa shape index (κ3) is 5.69. The highest BCUT2D eigenvalue weighted by atomic mass is 19.4. The van der Waals surface area contributed by atoms with Gasteiger partial charge in [-0.15, -0.1) is 0 Å². The first-order valence-electron chi connectivity index (χ1n) is 7.55. The van der Waals surface area contributed by atoms with Gasteiger partial charge in [-0.25, -0.2) is 0 Å². The molecule has 1 aliphatic heterocycles. The average molecular weight is 278 g/mol. The van der Waals surface area contributed by atoms with Crippen LogP contribution in [0.15, 0.2) is 0 Å². The average Bonchev–Trinajstić information content (AvgIpc) is 2.37. The summed E-state index contributed by atoms with van der Waals surface area (Å²) in [5, 5.41) is 2.66. The summed E-state index contributed by atoms with van der Waals surface area (Å²) in [4.78, 5) is 2.37. The Bertz CT molecular complexity index is 262. The molecule has 1 saturated heterocycles. The molecule has 2 fully saturated rings. The molecular formula is C14H25F3N2. The molecule has 1 atom stereocenters. The number of hydrogen-bond donors (Lipinski definition) is 1. The van der Waals surface area contributed by atoms with Gasteiger partial charge in [0.1, 0.15) is 0 Å². The van der Waals surface area contributed by atoms with Crippen LogP contribution in [0.25, 0.3) is 0 Å². The van der Waals surface area contributed by atoms with Gasteiger partial charge < -0.3 is 10.2 Å². The van der Waals surface area contributed by atoms with Crippen molar-refractivity contribution in [1.82, 2.24) is 10.2 Å². The second-order valence-electron chi connectivity index (χ2n) is 6.10. The Labute approximate surface area is 113 Å². The zero-order valence-corrected chi connectivity index (χ0v) is 11.5. The lowest BCUT2D eigenvalue weighted by Gasteiger charge is -2.36. The predicted molar refractivity (Wildman–Crippen MR) is 70.1 cm³/mol. The molecule has 1 N–H and O–H groups in total. The van der Waals surface area contributed by atoms with Gasteiger partial charge in [0.15, 0.2) is 0 Å². The third-order valence-electron chi connectivity index (χ3n) is 4.34. The zero-order valence-electron chi connectivity index (χ0n) is 11.5. The largest absolute Gasteiger partial charge is 0.401 e. The first-order valence-corrected chi connectivity index (χ1v) is 7.55. The first kappa shape index (κ1) is 15.1. The van der Waals surface area contributed by atoms with Gasteiger partial charge in [-0.3, -0.25) is 0 Å². The SMILES string of the molecule is FC(F)(F)CNC1CCCN(CC2CCCCC2)C1. The summed E-state index contributed by atoms with van der Waals surface area (Å²) in [6, 6.07) is 0.0129. The fourth-order valence-corrected chi connectivity index (χ4v) is 3.38. The van der Waals surface area contributed by atoms with Gasteiger partial charge in [0.25, 0.3) is 0 Å². The van der Waals surface area contributed by atoms with E-state index in [2.05, 4.69) is 10.2 Å². The van der Waals surface area contributed by atoms with Crippen molar-refractivity contribution >= 4 is 0 Å². The molecule has 1 saturated carbocycles. The van der Waals surface area contributed by atoms with E-state index in [9.17, 15) is 13.2 Å². The molecule has 0 radical (unpaired) electrons. The summed E-state index contributed by atoms with van der Waals surface area (Å²) in [5.74, 6) is 0.773. The summed E-state index contributed by atoms with van der Waals surface area (Å²) in [5.41, 5.74) is 0. The number of halogens is 3. The molecule has 0 aromatic rings. The predicted octanol–water partition coefficient (Wildman–Crippen LogP) is 3.18. The summed E-state index contributed by atoms with van der Waals surface area (Å²) in [7, 11) is 0. The van der Waals surface area contributed by atoms with E-state index in [1.165, 1.54) is 32.1 Å². The van der Waals surface area contributed by atoms with E-state index in [0.717, 1.165) is 38.4 Å². The minimum atomic E-state index is -4.09. The summed E-state index contributed by atoms with van der Waals surface area (Å²) < 4.78 is 36.6. The molecule has 1 heterocycles. The first-order chi connectivity index (χ1) is 9.03. The lowest BCUT2D eigenvalue weighted by molar-refractivity contribution is -0.127. The molecule has 0 aromatic heterocycles. The number of nitrogens with zero attached hydrogens (tertiary/aromatic N) is 1. The molecule has 112 valence electrons. The molecule has 2 rings (SSSR count). The highest BCUT2D eigenvalue weighted by molar-refractivity contribution is 4.81. The fourth-order valence-electron chi connectivity index (χ4n) is 3.38. The van der Waals surface area contributed by atoms with Crippen LogP contribution in [0, 0.1) is 5.92 Å². The van der Waals surface area contributed by atoms with Crippen molar-refractivity contribution in [2.75, 3.05) is 26.2 Å². The van der Waals surface area contributed by atoms with Gasteiger partial charge in [0, 0.05) is 19.1 Å². The van der Waals surface area contributed by atoms with Crippen molar-refractivity contribution in [2.24, 2.45) is 5.92 Å². The molecule has 1 aliphatic carbocycles. The Morgan fingerprint density at radius 2 is 1.74 bits per heavy atom. The minimum absolute atomic E-state index is 0.0129. The summed E-state index contributed by atoms with van der Waals surface area (Å²) in [6.07, 6.45) is 4.41. The summed E-state index contributed by atoms with van der Waals surface area (Å²) in [6.45, 7) is 2.08. The number of alkyl halides is 3. The van der Waals surface area contributed by atoms with Crippen LogP contribution in [0.1, 0.15) is 44.9 Å². The summed E-state index contributed by atoms with van der Waals surface area (Å²) >= 11 is 0. The number of rotatable bonds is 4. The molecule has 1 unspecified atom stereocenters. The van der Waals surface area contributed by atoms with E-state index in [-0.39, 0.29) is 6.04 Å². The maximum Gasteiger partial charge on any atom is 0.401 e. The van der Waals surface area contributed by atoms with Crippen molar-refractivity contribution in [3.05, 3.63) is 0 Å². The van der Waals surface area contributed by atoms with Crippen LogP contribution in [-0.4, -0.2) is 43.3 Å². The molecule has 2 aliphatic rings. The van der Waals surface area contributed by atoms with E-state index in [1.807, 2.05) is 0 Å². The molecule has 19 heavy (non-hydrogen) atoms. The molecule has 0 spiro atoms. The number of hydrogen-bond acceptors (Lipinski definition) is 2. The topological polar surface area (TPSA) is 15.3 Å². The molecule has 0 amide bonds. The van der Waals surface area contributed by atoms with Gasteiger partial charge in [-0.1, -0.05) is 19.3 Å². The second-order valence-corrected chi connectivity index (χ2v) is 6.10. The van der Waals surface area contributed by atoms with Crippen LogP contribution in [-0.2, 0) is 0 Å². The van der Waals surface area contributed by atoms with E-state index in [1.54, 1.807) is 0 Å². The van der Waals surface area contributed by atoms with Gasteiger partial charge in [-0.2, -0.15) is 13.2 Å². The van der Waals surface area contributed by atoms with Crippen LogP contribution >= 0.6 is 0 Å². The van der Waals surface area contributed by atoms with Gasteiger partial charge in [0.05, 0.1) is 6.54 Å². The number of piperidine rings is 1. The fraction of sp³-hybridized carbons (Fsp3) is 1.00. The van der Waals surface area contributed by atoms with E-state index in [0.29, 0.717) is 0 Å². The van der Waals surface area contributed by atoms with E-state index < -0.39 is 12.7 Å². The van der Waals surface area contributed by atoms with Crippen LogP contribution in [0.2, 0.25) is 0 Å². The Morgan fingerprint density at radius 3 is 2.42 bits per heavy atom. The van der Waals surface area contributed by atoms with Crippen molar-refractivity contribution < 1.29 is 13.2 Å². The standard InChI is InChI=1S/C14H25F3N2/c15-14(16,17)11-18-13-7-4-8-19(10-13)9-12-5-2-1-3-6-12/h12-13,18H,1-11H2. The highest BCUT2D eigenvalue weighted by Gasteiger charge is 2.30. The normalized spacial score (nSPS) is 27.6. The van der Waals surface area contributed by atoms with Gasteiger partial charge >= 0.3 is 6.18 Å². The van der Waals surface area contributed by atoms with Crippen molar-refractivity contribution in [1.29, 1.82) is 0 Å². The maximum atomic E-state index is 12.2. The lowest BCUT2D eigenvalue weighted by atomic mass is 9.88. The second kappa shape index (κ2) is 6.93. The van der Waals surface area contributed by atoms with Crippen LogP contribution in [0.3, 0.4) is 0 Å². The van der Waals surface area contributed by atoms with Crippen molar-refractivity contribution in [2.45, 2.75) is 57.2 Å². The molecular weight excluding hydrogens is 253 g/mol. The van der Waals surface area contributed by atoms with Crippen LogP contribution in [0.4, 0.5) is 13.2 Å². The Kier molecular flexibility index (Phi) is 5.51. The molecule has 5 heteroatoms. The Hall–Kier alpha value is -0.290. The Balaban J connectivity index is 1.70. The zero-order chi connectivity index (χ0) is 13.7. The van der Waals surface area contributed by atoms with E-state index in [4.69, 9.17) is 0 Å². The van der Waals surface area contributed by atoms with Crippen molar-refractivity contribution in [3.63, 3.8) is 0 Å². The quantitative estimate of drug-likeness (QED) is 0.849.